The molecule has 0 bridgehead atoms. The number of hydrogen-bond donors (Lipinski definition) is 2. The Morgan fingerprint density at radius 3 is 2.62 bits per heavy atom. The summed E-state index contributed by atoms with van der Waals surface area (Å²) in [5, 5.41) is 5.53. The molecular formula is C24H30N4O4. The van der Waals surface area contributed by atoms with Crippen LogP contribution < -0.4 is 10.6 Å². The number of likely N-dealkylation sites (tertiary alicyclic amines) is 1. The maximum Gasteiger partial charge on any atom is 0.412 e. The van der Waals surface area contributed by atoms with Crippen molar-refractivity contribution in [2.75, 3.05) is 23.7 Å². The zero-order valence-electron chi connectivity index (χ0n) is 19.0. The van der Waals surface area contributed by atoms with Gasteiger partial charge in [-0.25, -0.2) is 9.78 Å². The zero-order chi connectivity index (χ0) is 23.3. The summed E-state index contributed by atoms with van der Waals surface area (Å²) in [6.45, 7) is 8.15. The Balaban J connectivity index is 1.64. The van der Waals surface area contributed by atoms with Gasteiger partial charge in [-0.2, -0.15) is 0 Å². The van der Waals surface area contributed by atoms with E-state index >= 15 is 0 Å². The molecule has 1 unspecified atom stereocenters. The molecule has 1 aromatic carbocycles. The molecule has 1 saturated heterocycles. The van der Waals surface area contributed by atoms with Gasteiger partial charge in [-0.05, 0) is 70.4 Å². The number of carbonyl (C=O) groups excluding carboxylic acids is 3. The number of aromatic nitrogens is 1. The zero-order valence-corrected chi connectivity index (χ0v) is 19.0. The van der Waals surface area contributed by atoms with Gasteiger partial charge in [-0.1, -0.05) is 12.1 Å². The van der Waals surface area contributed by atoms with Crippen LogP contribution in [0.3, 0.4) is 0 Å². The Morgan fingerprint density at radius 1 is 1.12 bits per heavy atom. The molecule has 1 aromatic heterocycles. The lowest BCUT2D eigenvalue weighted by Gasteiger charge is -2.32. The van der Waals surface area contributed by atoms with Crippen LogP contribution in [0.1, 0.15) is 49.5 Å². The van der Waals surface area contributed by atoms with E-state index in [0.29, 0.717) is 36.6 Å². The van der Waals surface area contributed by atoms with Crippen molar-refractivity contribution >= 4 is 29.4 Å². The van der Waals surface area contributed by atoms with Gasteiger partial charge in [0.05, 0.1) is 5.92 Å². The van der Waals surface area contributed by atoms with Gasteiger partial charge < -0.3 is 15.0 Å². The number of piperidine rings is 1. The highest BCUT2D eigenvalue weighted by atomic mass is 16.6. The van der Waals surface area contributed by atoms with E-state index in [1.165, 1.54) is 0 Å². The topological polar surface area (TPSA) is 101 Å². The Labute approximate surface area is 188 Å². The number of amides is 3. The molecule has 0 aliphatic carbocycles. The molecule has 0 spiro atoms. The van der Waals surface area contributed by atoms with Gasteiger partial charge in [0.1, 0.15) is 11.4 Å². The van der Waals surface area contributed by atoms with E-state index < -0.39 is 11.7 Å². The normalized spacial score (nSPS) is 16.2. The SMILES string of the molecule is Cc1cccnc1NC(=O)C1CCCN(C(=O)c2cccc(NC(=O)OC(C)(C)C)c2)C1. The lowest BCUT2D eigenvalue weighted by molar-refractivity contribution is -0.121. The van der Waals surface area contributed by atoms with E-state index in [0.717, 1.165) is 12.0 Å². The first-order valence-corrected chi connectivity index (χ1v) is 10.7. The van der Waals surface area contributed by atoms with Crippen molar-refractivity contribution in [1.82, 2.24) is 9.88 Å². The molecule has 2 aromatic rings. The second-order valence-corrected chi connectivity index (χ2v) is 8.96. The van der Waals surface area contributed by atoms with Crippen molar-refractivity contribution in [3.05, 3.63) is 53.7 Å². The minimum atomic E-state index is -0.616. The number of ether oxygens (including phenoxy) is 1. The molecule has 0 radical (unpaired) electrons. The van der Waals surface area contributed by atoms with Gasteiger partial charge in [-0.3, -0.25) is 14.9 Å². The number of carbonyl (C=O) groups is 3. The van der Waals surface area contributed by atoms with Crippen LogP contribution in [0.25, 0.3) is 0 Å². The predicted molar refractivity (Wildman–Crippen MR) is 123 cm³/mol. The van der Waals surface area contributed by atoms with E-state index in [1.54, 1.807) is 56.1 Å². The lowest BCUT2D eigenvalue weighted by Crippen LogP contribution is -2.43. The first-order chi connectivity index (χ1) is 15.1. The molecule has 8 nitrogen and oxygen atoms in total. The fraction of sp³-hybridized carbons (Fsp3) is 0.417. The van der Waals surface area contributed by atoms with Gasteiger partial charge >= 0.3 is 6.09 Å². The second kappa shape index (κ2) is 9.80. The number of hydrogen-bond acceptors (Lipinski definition) is 5. The largest absolute Gasteiger partial charge is 0.444 e. The molecule has 1 aliphatic rings. The third kappa shape index (κ3) is 6.29. The van der Waals surface area contributed by atoms with Crippen molar-refractivity contribution in [2.24, 2.45) is 5.92 Å². The molecule has 1 fully saturated rings. The van der Waals surface area contributed by atoms with E-state index in [1.807, 2.05) is 19.1 Å². The van der Waals surface area contributed by atoms with Gasteiger partial charge in [0.2, 0.25) is 5.91 Å². The quantitative estimate of drug-likeness (QED) is 0.744. The molecule has 2 N–H and O–H groups in total. The van der Waals surface area contributed by atoms with E-state index in [2.05, 4.69) is 15.6 Å². The maximum absolute atomic E-state index is 13.1. The standard InChI is InChI=1S/C24H30N4O4/c1-16-8-6-12-25-20(16)27-21(29)18-10-7-13-28(15-18)22(30)17-9-5-11-19(14-17)26-23(31)32-24(2,3)4/h5-6,8-9,11-12,14,18H,7,10,13,15H2,1-4H3,(H,26,31)(H,25,27,29). The van der Waals surface area contributed by atoms with Crippen molar-refractivity contribution in [1.29, 1.82) is 0 Å². The first-order valence-electron chi connectivity index (χ1n) is 10.7. The second-order valence-electron chi connectivity index (χ2n) is 8.96. The molecule has 1 aliphatic heterocycles. The molecule has 8 heteroatoms. The monoisotopic (exact) mass is 438 g/mol. The van der Waals surface area contributed by atoms with Crippen LogP contribution >= 0.6 is 0 Å². The summed E-state index contributed by atoms with van der Waals surface area (Å²) in [4.78, 5) is 43.8. The number of nitrogens with zero attached hydrogens (tertiary/aromatic N) is 2. The van der Waals surface area contributed by atoms with E-state index in [4.69, 9.17) is 4.74 Å². The molecular weight excluding hydrogens is 408 g/mol. The lowest BCUT2D eigenvalue weighted by atomic mass is 9.96. The van der Waals surface area contributed by atoms with Crippen molar-refractivity contribution in [3.63, 3.8) is 0 Å². The van der Waals surface area contributed by atoms with E-state index in [-0.39, 0.29) is 17.7 Å². The summed E-state index contributed by atoms with van der Waals surface area (Å²) in [6, 6.07) is 10.4. The van der Waals surface area contributed by atoms with Gasteiger partial charge in [0.25, 0.3) is 5.91 Å². The van der Waals surface area contributed by atoms with Crippen molar-refractivity contribution in [3.8, 4) is 0 Å². The third-order valence-electron chi connectivity index (χ3n) is 5.09. The highest BCUT2D eigenvalue weighted by Crippen LogP contribution is 2.22. The number of anilines is 2. The van der Waals surface area contributed by atoms with Crippen LogP contribution in [-0.4, -0.2) is 46.5 Å². The van der Waals surface area contributed by atoms with Gasteiger partial charge in [0.15, 0.2) is 0 Å². The highest BCUT2D eigenvalue weighted by Gasteiger charge is 2.29. The fourth-order valence-corrected chi connectivity index (χ4v) is 3.54. The Kier molecular flexibility index (Phi) is 7.12. The number of rotatable bonds is 4. The van der Waals surface area contributed by atoms with Crippen LogP contribution in [0.15, 0.2) is 42.6 Å². The predicted octanol–water partition coefficient (Wildman–Crippen LogP) is 4.23. The summed E-state index contributed by atoms with van der Waals surface area (Å²) < 4.78 is 5.26. The average molecular weight is 439 g/mol. The molecule has 32 heavy (non-hydrogen) atoms. The smallest absolute Gasteiger partial charge is 0.412 e. The molecule has 0 saturated carbocycles. The summed E-state index contributed by atoms with van der Waals surface area (Å²) in [5.74, 6) is -0.0759. The summed E-state index contributed by atoms with van der Waals surface area (Å²) >= 11 is 0. The van der Waals surface area contributed by atoms with Gasteiger partial charge in [-0.15, -0.1) is 0 Å². The third-order valence-corrected chi connectivity index (χ3v) is 5.09. The number of aryl methyl sites for hydroxylation is 1. The van der Waals surface area contributed by atoms with Crippen LogP contribution in [0.4, 0.5) is 16.3 Å². The molecule has 1 atom stereocenters. The number of nitrogens with one attached hydrogen (secondary N) is 2. The highest BCUT2D eigenvalue weighted by molar-refractivity contribution is 5.97. The minimum Gasteiger partial charge on any atom is -0.444 e. The summed E-state index contributed by atoms with van der Waals surface area (Å²) in [7, 11) is 0. The number of benzene rings is 1. The molecule has 2 heterocycles. The fourth-order valence-electron chi connectivity index (χ4n) is 3.54. The number of pyridine rings is 1. The van der Waals surface area contributed by atoms with Gasteiger partial charge in [0, 0.05) is 30.5 Å². The molecule has 170 valence electrons. The first kappa shape index (κ1) is 23.2. The van der Waals surface area contributed by atoms with Crippen LogP contribution in [0.5, 0.6) is 0 Å². The van der Waals surface area contributed by atoms with Crippen LogP contribution in [0.2, 0.25) is 0 Å². The van der Waals surface area contributed by atoms with Crippen molar-refractivity contribution in [2.45, 2.75) is 46.1 Å². The van der Waals surface area contributed by atoms with Crippen LogP contribution in [0, 0.1) is 12.8 Å². The van der Waals surface area contributed by atoms with Crippen LogP contribution in [-0.2, 0) is 9.53 Å². The summed E-state index contributed by atoms with van der Waals surface area (Å²) in [6.07, 6.45) is 2.50. The van der Waals surface area contributed by atoms with Crippen molar-refractivity contribution < 1.29 is 19.1 Å². The Bertz CT molecular complexity index is 999. The molecule has 3 rings (SSSR count). The molecule has 3 amide bonds. The Morgan fingerprint density at radius 2 is 1.91 bits per heavy atom. The average Bonchev–Trinajstić information content (AvgIpc) is 2.73. The maximum atomic E-state index is 13.1. The Hall–Kier alpha value is -3.42. The van der Waals surface area contributed by atoms with E-state index in [9.17, 15) is 14.4 Å². The minimum absolute atomic E-state index is 0.135. The summed E-state index contributed by atoms with van der Waals surface area (Å²) in [5.41, 5.74) is 1.19.